The van der Waals surface area contributed by atoms with Gasteiger partial charge in [-0.05, 0) is 78.4 Å². The van der Waals surface area contributed by atoms with Gasteiger partial charge in [0.15, 0.2) is 0 Å². The monoisotopic (exact) mass is 596 g/mol. The summed E-state index contributed by atoms with van der Waals surface area (Å²) in [6, 6.07) is 18.2. The second kappa shape index (κ2) is 19.3. The number of ether oxygens (including phenoxy) is 2. The average Bonchev–Trinajstić information content (AvgIpc) is 2.98. The summed E-state index contributed by atoms with van der Waals surface area (Å²) in [5.74, 6) is -0.461. The van der Waals surface area contributed by atoms with Crippen LogP contribution in [0.2, 0.25) is 0 Å². The molecule has 0 aromatic heterocycles. The number of aliphatic hydroxyl groups is 2. The summed E-state index contributed by atoms with van der Waals surface area (Å²) in [5, 5.41) is 39.9. The molecule has 0 saturated heterocycles. The van der Waals surface area contributed by atoms with E-state index in [9.17, 15) is 20.1 Å². The van der Waals surface area contributed by atoms with Crippen molar-refractivity contribution < 1.29 is 39.5 Å². The van der Waals surface area contributed by atoms with Crippen molar-refractivity contribution in [1.82, 2.24) is 5.32 Å². The zero-order valence-corrected chi connectivity index (χ0v) is 24.9. The van der Waals surface area contributed by atoms with Crippen molar-refractivity contribution in [3.63, 3.8) is 0 Å². The summed E-state index contributed by atoms with van der Waals surface area (Å²) in [4.78, 5) is 20.8. The summed E-state index contributed by atoms with van der Waals surface area (Å²) in [6.07, 6.45) is 2.88. The Kier molecular flexibility index (Phi) is 15.8. The number of aliphatic carboxylic acids is 1. The first-order chi connectivity index (χ1) is 20.7. The number of rotatable bonds is 17. The van der Waals surface area contributed by atoms with Gasteiger partial charge in [-0.1, -0.05) is 43.7 Å². The molecule has 0 heterocycles. The number of phenols is 1. The van der Waals surface area contributed by atoms with Crippen LogP contribution < -0.4 is 15.8 Å². The lowest BCUT2D eigenvalue weighted by Gasteiger charge is -2.14. The summed E-state index contributed by atoms with van der Waals surface area (Å²) in [7, 11) is 0. The maximum atomic E-state index is 11.8. The molecule has 0 aliphatic heterocycles. The number of hydrogen-bond acceptors (Lipinski definition) is 8. The lowest BCUT2D eigenvalue weighted by Crippen LogP contribution is -2.23. The molecular weight excluding hydrogens is 552 g/mol. The first-order valence-corrected chi connectivity index (χ1v) is 14.4. The van der Waals surface area contributed by atoms with Gasteiger partial charge in [-0.3, -0.25) is 9.59 Å². The van der Waals surface area contributed by atoms with E-state index in [0.717, 1.165) is 55.0 Å². The van der Waals surface area contributed by atoms with Crippen molar-refractivity contribution in [3.8, 4) is 11.5 Å². The third-order valence-corrected chi connectivity index (χ3v) is 6.58. The van der Waals surface area contributed by atoms with Gasteiger partial charge in [0.05, 0.1) is 25.9 Å². The standard InChI is InChI=1S/C31H40N2O6.C2H4O2/c1-2-3-6-27-24(5-4-7-28(27)31(32)37)21-38-16-17-39-26-11-8-22(9-12-26)14-15-33-19-30(36)23-10-13-29(35)25(18-23)20-34;1-2(3)4/h4-5,7-13,18,30,33-36H,2-3,6,14-17,19-21H2,1H3,(H2,32,37);1H3,(H,3,4)/t30-;/m0./s1. The highest BCUT2D eigenvalue weighted by molar-refractivity contribution is 5.94. The van der Waals surface area contributed by atoms with E-state index < -0.39 is 18.0 Å². The molecule has 0 aliphatic rings. The van der Waals surface area contributed by atoms with E-state index in [0.29, 0.717) is 49.6 Å². The quantitative estimate of drug-likeness (QED) is 0.127. The molecule has 0 spiro atoms. The van der Waals surface area contributed by atoms with Crippen molar-refractivity contribution in [1.29, 1.82) is 0 Å². The Labute approximate surface area is 253 Å². The highest BCUT2D eigenvalue weighted by Gasteiger charge is 2.13. The topological polar surface area (TPSA) is 172 Å². The normalized spacial score (nSPS) is 11.3. The number of amides is 1. The molecule has 7 N–H and O–H groups in total. The van der Waals surface area contributed by atoms with Gasteiger partial charge in [-0.15, -0.1) is 0 Å². The molecule has 10 heteroatoms. The Morgan fingerprint density at radius 2 is 1.72 bits per heavy atom. The largest absolute Gasteiger partial charge is 0.508 e. The molecule has 3 aromatic carbocycles. The van der Waals surface area contributed by atoms with Gasteiger partial charge in [0.25, 0.3) is 5.97 Å². The predicted molar refractivity (Wildman–Crippen MR) is 164 cm³/mol. The van der Waals surface area contributed by atoms with Crippen LogP contribution in [0, 0.1) is 0 Å². The molecule has 1 amide bonds. The predicted octanol–water partition coefficient (Wildman–Crippen LogP) is 3.88. The van der Waals surface area contributed by atoms with Gasteiger partial charge in [-0.2, -0.15) is 0 Å². The van der Waals surface area contributed by atoms with E-state index in [4.69, 9.17) is 25.1 Å². The molecule has 3 rings (SSSR count). The van der Waals surface area contributed by atoms with E-state index in [1.807, 2.05) is 36.4 Å². The Hall–Kier alpha value is -3.96. The Balaban J connectivity index is 0.00000151. The van der Waals surface area contributed by atoms with Crippen molar-refractivity contribution in [3.05, 3.63) is 94.0 Å². The number of nitrogens with one attached hydrogen (secondary N) is 1. The van der Waals surface area contributed by atoms with Gasteiger partial charge >= 0.3 is 0 Å². The number of carbonyl (C=O) groups excluding carboxylic acids is 1. The Morgan fingerprint density at radius 1 is 1.00 bits per heavy atom. The number of unbranched alkanes of at least 4 members (excludes halogenated alkanes) is 1. The summed E-state index contributed by atoms with van der Waals surface area (Å²) < 4.78 is 11.6. The fourth-order valence-corrected chi connectivity index (χ4v) is 4.33. The third kappa shape index (κ3) is 12.8. The average molecular weight is 597 g/mol. The smallest absolute Gasteiger partial charge is 0.300 e. The van der Waals surface area contributed by atoms with E-state index in [1.165, 1.54) is 6.07 Å². The molecule has 0 bridgehead atoms. The first kappa shape index (κ1) is 35.2. The summed E-state index contributed by atoms with van der Waals surface area (Å²) >= 11 is 0. The van der Waals surface area contributed by atoms with E-state index in [2.05, 4.69) is 12.2 Å². The van der Waals surface area contributed by atoms with Gasteiger partial charge in [-0.25, -0.2) is 0 Å². The maximum absolute atomic E-state index is 11.8. The van der Waals surface area contributed by atoms with Crippen LogP contribution in [-0.4, -0.2) is 58.6 Å². The fourth-order valence-electron chi connectivity index (χ4n) is 4.33. The highest BCUT2D eigenvalue weighted by Crippen LogP contribution is 2.22. The SMILES string of the molecule is CC(=O)O.CCCCc1c(COCCOc2ccc(CCNC[C@H](O)c3ccc(O)c(CO)c3)cc2)cccc1C(N)=O. The number of carboxylic acids is 1. The number of aromatic hydroxyl groups is 1. The second-order valence-electron chi connectivity index (χ2n) is 9.99. The number of carbonyl (C=O) groups is 2. The lowest BCUT2D eigenvalue weighted by atomic mass is 9.96. The molecular formula is C33H44N2O8. The van der Waals surface area contributed by atoms with Crippen LogP contribution >= 0.6 is 0 Å². The van der Waals surface area contributed by atoms with Crippen molar-refractivity contribution in [2.45, 2.75) is 58.8 Å². The van der Waals surface area contributed by atoms with Gasteiger partial charge in [0.1, 0.15) is 18.1 Å². The van der Waals surface area contributed by atoms with Crippen LogP contribution in [-0.2, 0) is 35.6 Å². The molecule has 0 radical (unpaired) electrons. The lowest BCUT2D eigenvalue weighted by molar-refractivity contribution is -0.134. The number of primary amides is 1. The molecule has 0 aliphatic carbocycles. The van der Waals surface area contributed by atoms with Crippen molar-refractivity contribution in [2.75, 3.05) is 26.3 Å². The van der Waals surface area contributed by atoms with E-state index >= 15 is 0 Å². The molecule has 3 aromatic rings. The number of carboxylic acid groups (broad SMARTS) is 1. The summed E-state index contributed by atoms with van der Waals surface area (Å²) in [6.45, 7) is 5.21. The number of benzene rings is 3. The zero-order valence-electron chi connectivity index (χ0n) is 24.9. The number of nitrogens with two attached hydrogens (primary N) is 1. The van der Waals surface area contributed by atoms with Crippen LogP contribution in [0.15, 0.2) is 60.7 Å². The van der Waals surface area contributed by atoms with Gasteiger partial charge in [0.2, 0.25) is 5.91 Å². The minimum Gasteiger partial charge on any atom is -0.508 e. The zero-order chi connectivity index (χ0) is 31.6. The van der Waals surface area contributed by atoms with E-state index in [1.54, 1.807) is 18.2 Å². The molecule has 1 atom stereocenters. The first-order valence-electron chi connectivity index (χ1n) is 14.4. The maximum Gasteiger partial charge on any atom is 0.300 e. The minimum atomic E-state index is -0.833. The number of aliphatic hydroxyl groups excluding tert-OH is 2. The van der Waals surface area contributed by atoms with Crippen LogP contribution in [0.5, 0.6) is 11.5 Å². The minimum absolute atomic E-state index is 0.0186. The summed E-state index contributed by atoms with van der Waals surface area (Å²) in [5.41, 5.74) is 10.3. The number of hydrogen-bond donors (Lipinski definition) is 6. The van der Waals surface area contributed by atoms with Crippen molar-refractivity contribution in [2.24, 2.45) is 5.73 Å². The molecule has 0 fully saturated rings. The van der Waals surface area contributed by atoms with Crippen LogP contribution in [0.4, 0.5) is 0 Å². The van der Waals surface area contributed by atoms with Crippen LogP contribution in [0.3, 0.4) is 0 Å². The highest BCUT2D eigenvalue weighted by atomic mass is 16.5. The molecule has 43 heavy (non-hydrogen) atoms. The fraction of sp³-hybridized carbons (Fsp3) is 0.394. The molecule has 234 valence electrons. The Morgan fingerprint density at radius 3 is 2.37 bits per heavy atom. The second-order valence-corrected chi connectivity index (χ2v) is 9.99. The molecule has 0 saturated carbocycles. The van der Waals surface area contributed by atoms with E-state index in [-0.39, 0.29) is 12.4 Å². The van der Waals surface area contributed by atoms with Gasteiger partial charge in [0, 0.05) is 24.6 Å². The molecule has 10 nitrogen and oxygen atoms in total. The van der Waals surface area contributed by atoms with Gasteiger partial charge < -0.3 is 41.0 Å². The Bertz CT molecular complexity index is 1280. The molecule has 0 unspecified atom stereocenters. The van der Waals surface area contributed by atoms with Crippen molar-refractivity contribution >= 4 is 11.9 Å². The van der Waals surface area contributed by atoms with Crippen LogP contribution in [0.1, 0.15) is 71.0 Å². The van der Waals surface area contributed by atoms with Crippen LogP contribution in [0.25, 0.3) is 0 Å². The third-order valence-electron chi connectivity index (χ3n) is 6.58.